The van der Waals surface area contributed by atoms with E-state index >= 15 is 0 Å². The average molecular weight is 355 g/mol. The maximum Gasteiger partial charge on any atom is 0.356 e. The van der Waals surface area contributed by atoms with Crippen molar-refractivity contribution in [2.75, 3.05) is 6.61 Å². The van der Waals surface area contributed by atoms with Crippen LogP contribution in [0, 0.1) is 11.8 Å². The van der Waals surface area contributed by atoms with Crippen molar-refractivity contribution in [3.8, 4) is 5.69 Å². The predicted octanol–water partition coefficient (Wildman–Crippen LogP) is 2.00. The normalized spacial score (nSPS) is 24.4. The molecule has 1 aromatic carbocycles. The van der Waals surface area contributed by atoms with Gasteiger partial charge in [0.05, 0.1) is 12.3 Å². The molecule has 2 N–H and O–H groups in total. The van der Waals surface area contributed by atoms with Gasteiger partial charge in [0.2, 0.25) is 5.91 Å². The molecule has 1 aliphatic carbocycles. The molecule has 0 spiro atoms. The van der Waals surface area contributed by atoms with Crippen molar-refractivity contribution in [3.63, 3.8) is 0 Å². The lowest BCUT2D eigenvalue weighted by Gasteiger charge is -2.16. The van der Waals surface area contributed by atoms with Crippen molar-refractivity contribution in [3.05, 3.63) is 47.8 Å². The van der Waals surface area contributed by atoms with Crippen LogP contribution >= 0.6 is 0 Å². The number of ether oxygens (including phenoxy) is 1. The summed E-state index contributed by atoms with van der Waals surface area (Å²) in [5.74, 6) is -0.205. The van der Waals surface area contributed by atoms with Gasteiger partial charge < -0.3 is 15.2 Å². The molecule has 7 heteroatoms. The number of nitrogens with one attached hydrogen (secondary N) is 1. The van der Waals surface area contributed by atoms with Gasteiger partial charge in [-0.3, -0.25) is 4.79 Å². The van der Waals surface area contributed by atoms with Crippen molar-refractivity contribution < 1.29 is 19.4 Å². The molecule has 1 saturated carbocycles. The fourth-order valence-electron chi connectivity index (χ4n) is 3.97. The van der Waals surface area contributed by atoms with E-state index in [2.05, 4.69) is 10.4 Å². The largest absolute Gasteiger partial charge is 0.476 e. The summed E-state index contributed by atoms with van der Waals surface area (Å²) in [5, 5.41) is 16.0. The highest BCUT2D eigenvalue weighted by Gasteiger charge is 2.43. The highest BCUT2D eigenvalue weighted by atomic mass is 16.5. The van der Waals surface area contributed by atoms with Crippen LogP contribution in [0.4, 0.5) is 0 Å². The highest BCUT2D eigenvalue weighted by Crippen LogP contribution is 2.40. The predicted molar refractivity (Wildman–Crippen MR) is 92.9 cm³/mol. The van der Waals surface area contributed by atoms with Gasteiger partial charge in [0, 0.05) is 12.7 Å². The summed E-state index contributed by atoms with van der Waals surface area (Å²) in [6.07, 6.45) is 4.71. The van der Waals surface area contributed by atoms with Crippen LogP contribution in [-0.4, -0.2) is 39.5 Å². The molecule has 2 fully saturated rings. The van der Waals surface area contributed by atoms with Crippen molar-refractivity contribution in [2.45, 2.75) is 31.9 Å². The van der Waals surface area contributed by atoms with Crippen molar-refractivity contribution in [1.82, 2.24) is 15.1 Å². The topological polar surface area (TPSA) is 93.5 Å². The molecular weight excluding hydrogens is 334 g/mol. The number of nitrogens with zero attached hydrogens (tertiary/aromatic N) is 2. The van der Waals surface area contributed by atoms with Gasteiger partial charge in [0.1, 0.15) is 6.10 Å². The van der Waals surface area contributed by atoms with Crippen molar-refractivity contribution in [1.29, 1.82) is 0 Å². The first-order valence-electron chi connectivity index (χ1n) is 8.89. The standard InChI is InChI=1S/C19H21N3O4/c23-18(17-15-6-2-4-13(15)11-26-17)20-10-12-3-1-5-14(9-12)22-8-7-16(21-22)19(24)25/h1,3,5,7-9,13,15,17H,2,4,6,10-11H2,(H,20,23)(H,24,25)/t13-,15-,17+/m0/s1. The Labute approximate surface area is 151 Å². The molecular formula is C19H21N3O4. The number of carboxylic acid groups (broad SMARTS) is 1. The van der Waals surface area contributed by atoms with Crippen LogP contribution in [0.2, 0.25) is 0 Å². The van der Waals surface area contributed by atoms with E-state index < -0.39 is 5.97 Å². The van der Waals surface area contributed by atoms with Gasteiger partial charge in [-0.2, -0.15) is 5.10 Å². The van der Waals surface area contributed by atoms with Crippen LogP contribution in [0.15, 0.2) is 36.5 Å². The molecule has 1 aromatic heterocycles. The molecule has 2 aliphatic rings. The Morgan fingerprint density at radius 3 is 3.00 bits per heavy atom. The fourth-order valence-corrected chi connectivity index (χ4v) is 3.97. The Balaban J connectivity index is 1.40. The highest BCUT2D eigenvalue weighted by molar-refractivity contribution is 5.85. The third kappa shape index (κ3) is 3.22. The first-order valence-corrected chi connectivity index (χ1v) is 8.89. The molecule has 7 nitrogen and oxygen atoms in total. The lowest BCUT2D eigenvalue weighted by Crippen LogP contribution is -2.37. The van der Waals surface area contributed by atoms with E-state index in [0.717, 1.165) is 17.7 Å². The lowest BCUT2D eigenvalue weighted by atomic mass is 9.94. The number of benzene rings is 1. The van der Waals surface area contributed by atoms with Gasteiger partial charge in [-0.15, -0.1) is 0 Å². The van der Waals surface area contributed by atoms with Crippen LogP contribution in [0.5, 0.6) is 0 Å². The molecule has 3 atom stereocenters. The Morgan fingerprint density at radius 1 is 1.31 bits per heavy atom. The Hall–Kier alpha value is -2.67. The van der Waals surface area contributed by atoms with E-state index in [9.17, 15) is 9.59 Å². The first kappa shape index (κ1) is 16.8. The molecule has 2 heterocycles. The van der Waals surface area contributed by atoms with Gasteiger partial charge in [-0.25, -0.2) is 9.48 Å². The number of amides is 1. The second-order valence-electron chi connectivity index (χ2n) is 6.95. The number of fused-ring (bicyclic) bond motifs is 1. The van der Waals surface area contributed by atoms with Gasteiger partial charge in [-0.05, 0) is 48.4 Å². The zero-order valence-corrected chi connectivity index (χ0v) is 14.3. The van der Waals surface area contributed by atoms with E-state index in [4.69, 9.17) is 9.84 Å². The Kier molecular flexibility index (Phi) is 4.46. The van der Waals surface area contributed by atoms with Crippen LogP contribution in [0.1, 0.15) is 35.3 Å². The summed E-state index contributed by atoms with van der Waals surface area (Å²) in [6.45, 7) is 1.10. The average Bonchev–Trinajstić information content (AvgIpc) is 3.35. The minimum atomic E-state index is -1.06. The summed E-state index contributed by atoms with van der Waals surface area (Å²) < 4.78 is 7.22. The van der Waals surface area contributed by atoms with Gasteiger partial charge in [-0.1, -0.05) is 18.6 Å². The third-order valence-electron chi connectivity index (χ3n) is 5.31. The number of hydrogen-bond donors (Lipinski definition) is 2. The maximum atomic E-state index is 12.5. The molecule has 136 valence electrons. The second-order valence-corrected chi connectivity index (χ2v) is 6.95. The third-order valence-corrected chi connectivity index (χ3v) is 5.31. The number of hydrogen-bond acceptors (Lipinski definition) is 4. The minimum absolute atomic E-state index is 0.00629. The second kappa shape index (κ2) is 6.92. The fraction of sp³-hybridized carbons (Fsp3) is 0.421. The van der Waals surface area contributed by atoms with E-state index in [1.807, 2.05) is 24.3 Å². The van der Waals surface area contributed by atoms with Crippen LogP contribution < -0.4 is 5.32 Å². The van der Waals surface area contributed by atoms with Crippen LogP contribution in [-0.2, 0) is 16.1 Å². The zero-order valence-electron chi connectivity index (χ0n) is 14.3. The summed E-state index contributed by atoms with van der Waals surface area (Å²) in [6, 6.07) is 8.95. The quantitative estimate of drug-likeness (QED) is 0.856. The number of carbonyl (C=O) groups is 2. The van der Waals surface area contributed by atoms with Crippen molar-refractivity contribution in [2.24, 2.45) is 11.8 Å². The molecule has 2 aromatic rings. The van der Waals surface area contributed by atoms with Gasteiger partial charge in [0.25, 0.3) is 0 Å². The summed E-state index contributed by atoms with van der Waals surface area (Å²) in [5.41, 5.74) is 1.66. The molecule has 1 amide bonds. The summed E-state index contributed by atoms with van der Waals surface area (Å²) >= 11 is 0. The zero-order chi connectivity index (χ0) is 18.1. The van der Waals surface area contributed by atoms with E-state index in [1.54, 1.807) is 6.20 Å². The van der Waals surface area contributed by atoms with Crippen molar-refractivity contribution >= 4 is 11.9 Å². The number of rotatable bonds is 5. The smallest absolute Gasteiger partial charge is 0.356 e. The van der Waals surface area contributed by atoms with Crippen LogP contribution in [0.3, 0.4) is 0 Å². The molecule has 0 unspecified atom stereocenters. The lowest BCUT2D eigenvalue weighted by molar-refractivity contribution is -0.132. The number of carbonyl (C=O) groups excluding carboxylic acids is 1. The molecule has 0 bridgehead atoms. The monoisotopic (exact) mass is 355 g/mol. The van der Waals surface area contributed by atoms with Gasteiger partial charge in [0.15, 0.2) is 5.69 Å². The maximum absolute atomic E-state index is 12.5. The number of carboxylic acids is 1. The molecule has 4 rings (SSSR count). The van der Waals surface area contributed by atoms with Crippen LogP contribution in [0.25, 0.3) is 5.69 Å². The number of aromatic carboxylic acids is 1. The Bertz CT molecular complexity index is 832. The van der Waals surface area contributed by atoms with E-state index in [1.165, 1.54) is 23.6 Å². The SMILES string of the molecule is O=C(O)c1ccn(-c2cccc(CNC(=O)[C@@H]3OC[C@@H]4CCC[C@@H]43)c2)n1. The summed E-state index contributed by atoms with van der Waals surface area (Å²) in [4.78, 5) is 23.4. The summed E-state index contributed by atoms with van der Waals surface area (Å²) in [7, 11) is 0. The molecule has 1 saturated heterocycles. The molecule has 0 radical (unpaired) electrons. The number of aromatic nitrogens is 2. The first-order chi connectivity index (χ1) is 12.6. The molecule has 26 heavy (non-hydrogen) atoms. The van der Waals surface area contributed by atoms with E-state index in [-0.39, 0.29) is 17.7 Å². The van der Waals surface area contributed by atoms with E-state index in [0.29, 0.717) is 25.0 Å². The minimum Gasteiger partial charge on any atom is -0.476 e. The molecule has 1 aliphatic heterocycles. The Morgan fingerprint density at radius 2 is 2.19 bits per heavy atom. The van der Waals surface area contributed by atoms with Gasteiger partial charge >= 0.3 is 5.97 Å².